The molecule has 2 fully saturated rings. The minimum atomic E-state index is -0.617. The number of carbonyl (C=O) groups excluding carboxylic acids is 2. The Morgan fingerprint density at radius 3 is 2.74 bits per heavy atom. The number of aryl methyl sites for hydroxylation is 1. The molecule has 0 atom stereocenters. The molecule has 1 saturated carbocycles. The van der Waals surface area contributed by atoms with Gasteiger partial charge in [0.05, 0.1) is 10.9 Å². The van der Waals surface area contributed by atoms with E-state index in [2.05, 4.69) is 15.3 Å². The van der Waals surface area contributed by atoms with Gasteiger partial charge in [0.15, 0.2) is 5.65 Å². The van der Waals surface area contributed by atoms with Gasteiger partial charge in [0, 0.05) is 43.4 Å². The maximum Gasteiger partial charge on any atom is 0.329 e. The zero-order valence-electron chi connectivity index (χ0n) is 19.1. The van der Waals surface area contributed by atoms with Gasteiger partial charge in [-0.2, -0.15) is 0 Å². The van der Waals surface area contributed by atoms with Crippen LogP contribution < -0.4 is 16.6 Å². The summed E-state index contributed by atoms with van der Waals surface area (Å²) < 4.78 is 1.44. The standard InChI is InChI=1S/C25H27N5O4/c1-2-10-30-22-21(24(33)28-25(30)34)18(13-19(27-22)16-8-9-16)23(32)26-17-6-3-5-15(12-17)14-29-11-4-7-20(29)31/h3,5-6,12-13,16H,2,4,7-11,14H2,1H3,(H,26,32)(H,28,33,34). The summed E-state index contributed by atoms with van der Waals surface area (Å²) in [6.07, 6.45) is 4.07. The molecular weight excluding hydrogens is 434 g/mol. The summed E-state index contributed by atoms with van der Waals surface area (Å²) in [7, 11) is 0. The third kappa shape index (κ3) is 4.25. The van der Waals surface area contributed by atoms with Crippen LogP contribution in [0.5, 0.6) is 0 Å². The van der Waals surface area contributed by atoms with Gasteiger partial charge in [0.2, 0.25) is 5.91 Å². The number of rotatable bonds is 7. The lowest BCUT2D eigenvalue weighted by Crippen LogP contribution is -2.32. The number of pyridine rings is 1. The zero-order chi connectivity index (χ0) is 23.8. The van der Waals surface area contributed by atoms with Gasteiger partial charge in [0.25, 0.3) is 11.5 Å². The second-order valence-corrected chi connectivity index (χ2v) is 9.05. The number of benzene rings is 1. The molecule has 9 nitrogen and oxygen atoms in total. The first-order chi connectivity index (χ1) is 16.4. The van der Waals surface area contributed by atoms with Gasteiger partial charge in [-0.3, -0.25) is 23.9 Å². The minimum Gasteiger partial charge on any atom is -0.338 e. The third-order valence-electron chi connectivity index (χ3n) is 6.39. The van der Waals surface area contributed by atoms with Gasteiger partial charge in [-0.1, -0.05) is 19.1 Å². The van der Waals surface area contributed by atoms with Crippen molar-refractivity contribution in [2.45, 2.75) is 58.0 Å². The number of H-pyrrole nitrogens is 1. The van der Waals surface area contributed by atoms with E-state index >= 15 is 0 Å². The van der Waals surface area contributed by atoms with Crippen molar-refractivity contribution in [2.75, 3.05) is 11.9 Å². The van der Waals surface area contributed by atoms with Crippen LogP contribution in [0.15, 0.2) is 39.9 Å². The number of fused-ring (bicyclic) bond motifs is 1. The number of hydrogen-bond acceptors (Lipinski definition) is 5. The molecule has 34 heavy (non-hydrogen) atoms. The van der Waals surface area contributed by atoms with Crippen LogP contribution >= 0.6 is 0 Å². The molecule has 1 aliphatic carbocycles. The lowest BCUT2D eigenvalue weighted by atomic mass is 10.1. The van der Waals surface area contributed by atoms with E-state index in [0.29, 0.717) is 31.6 Å². The van der Waals surface area contributed by atoms with Crippen molar-refractivity contribution in [1.82, 2.24) is 19.4 Å². The normalized spacial score (nSPS) is 15.8. The number of hydrogen-bond donors (Lipinski definition) is 2. The first-order valence-electron chi connectivity index (χ1n) is 11.8. The van der Waals surface area contributed by atoms with E-state index in [1.54, 1.807) is 12.1 Å². The topological polar surface area (TPSA) is 117 Å². The molecule has 2 N–H and O–H groups in total. The molecule has 0 spiro atoms. The van der Waals surface area contributed by atoms with Crippen LogP contribution in [0.25, 0.3) is 11.0 Å². The fourth-order valence-electron chi connectivity index (χ4n) is 4.53. The molecule has 2 amide bonds. The molecule has 3 heterocycles. The number of nitrogens with zero attached hydrogens (tertiary/aromatic N) is 3. The number of likely N-dealkylation sites (tertiary alicyclic amines) is 1. The van der Waals surface area contributed by atoms with Crippen molar-refractivity contribution in [3.05, 3.63) is 68.0 Å². The summed E-state index contributed by atoms with van der Waals surface area (Å²) in [5.74, 6) is -0.0553. The second-order valence-electron chi connectivity index (χ2n) is 9.05. The van der Waals surface area contributed by atoms with Crippen molar-refractivity contribution < 1.29 is 9.59 Å². The van der Waals surface area contributed by atoms with E-state index in [0.717, 1.165) is 37.1 Å². The van der Waals surface area contributed by atoms with Crippen molar-refractivity contribution >= 4 is 28.5 Å². The van der Waals surface area contributed by atoms with Gasteiger partial charge < -0.3 is 10.2 Å². The van der Waals surface area contributed by atoms with Gasteiger partial charge in [-0.05, 0) is 49.4 Å². The van der Waals surface area contributed by atoms with Crippen molar-refractivity contribution in [1.29, 1.82) is 0 Å². The van der Waals surface area contributed by atoms with Gasteiger partial charge in [-0.15, -0.1) is 0 Å². The number of anilines is 1. The molecule has 176 valence electrons. The summed E-state index contributed by atoms with van der Waals surface area (Å²) in [6.45, 7) is 3.57. The molecule has 5 rings (SSSR count). The number of aromatic amines is 1. The second kappa shape index (κ2) is 8.89. The highest BCUT2D eigenvalue weighted by atomic mass is 16.2. The lowest BCUT2D eigenvalue weighted by molar-refractivity contribution is -0.128. The summed E-state index contributed by atoms with van der Waals surface area (Å²) in [4.78, 5) is 59.4. The molecular formula is C25H27N5O4. The summed E-state index contributed by atoms with van der Waals surface area (Å²) in [5, 5.41) is 3.02. The number of nitrogens with one attached hydrogen (secondary N) is 2. The van der Waals surface area contributed by atoms with Crippen molar-refractivity contribution in [2.24, 2.45) is 0 Å². The third-order valence-corrected chi connectivity index (χ3v) is 6.39. The highest BCUT2D eigenvalue weighted by molar-refractivity contribution is 6.11. The Bertz CT molecular complexity index is 1400. The Labute approximate surface area is 195 Å². The van der Waals surface area contributed by atoms with Crippen LogP contribution in [-0.4, -0.2) is 37.8 Å². The summed E-state index contributed by atoms with van der Waals surface area (Å²) in [5.41, 5.74) is 1.55. The van der Waals surface area contributed by atoms with Crippen LogP contribution in [0.2, 0.25) is 0 Å². The van der Waals surface area contributed by atoms with Crippen molar-refractivity contribution in [3.8, 4) is 0 Å². The van der Waals surface area contributed by atoms with E-state index in [1.807, 2.05) is 30.0 Å². The van der Waals surface area contributed by atoms with E-state index in [-0.39, 0.29) is 28.4 Å². The van der Waals surface area contributed by atoms with E-state index in [4.69, 9.17) is 0 Å². The van der Waals surface area contributed by atoms with Crippen LogP contribution in [0.3, 0.4) is 0 Å². The summed E-state index contributed by atoms with van der Waals surface area (Å²) in [6, 6.07) is 9.04. The predicted octanol–water partition coefficient (Wildman–Crippen LogP) is 2.75. The molecule has 0 radical (unpaired) electrons. The number of aromatic nitrogens is 3. The fraction of sp³-hybridized carbons (Fsp3) is 0.400. The van der Waals surface area contributed by atoms with Gasteiger partial charge >= 0.3 is 5.69 Å². The van der Waals surface area contributed by atoms with E-state index in [1.165, 1.54) is 4.57 Å². The minimum absolute atomic E-state index is 0.119. The quantitative estimate of drug-likeness (QED) is 0.561. The first-order valence-corrected chi connectivity index (χ1v) is 11.8. The smallest absolute Gasteiger partial charge is 0.329 e. The Hall–Kier alpha value is -3.75. The van der Waals surface area contributed by atoms with Crippen LogP contribution in [0.4, 0.5) is 5.69 Å². The molecule has 0 unspecified atom stereocenters. The maximum atomic E-state index is 13.4. The largest absolute Gasteiger partial charge is 0.338 e. The highest BCUT2D eigenvalue weighted by Crippen LogP contribution is 2.40. The molecule has 1 aromatic carbocycles. The fourth-order valence-corrected chi connectivity index (χ4v) is 4.53. The molecule has 2 aliphatic rings. The number of amides is 2. The monoisotopic (exact) mass is 461 g/mol. The average Bonchev–Trinajstić information content (AvgIpc) is 3.59. The maximum absolute atomic E-state index is 13.4. The van der Waals surface area contributed by atoms with E-state index in [9.17, 15) is 19.2 Å². The average molecular weight is 462 g/mol. The Kier molecular flexibility index (Phi) is 5.77. The molecule has 3 aromatic rings. The molecule has 9 heteroatoms. The predicted molar refractivity (Wildman–Crippen MR) is 128 cm³/mol. The molecule has 2 aromatic heterocycles. The summed E-state index contributed by atoms with van der Waals surface area (Å²) >= 11 is 0. The van der Waals surface area contributed by atoms with Crippen LogP contribution in [-0.2, 0) is 17.9 Å². The van der Waals surface area contributed by atoms with Crippen LogP contribution in [0.1, 0.15) is 66.6 Å². The van der Waals surface area contributed by atoms with Crippen molar-refractivity contribution in [3.63, 3.8) is 0 Å². The Morgan fingerprint density at radius 1 is 1.21 bits per heavy atom. The van der Waals surface area contributed by atoms with Crippen LogP contribution in [0, 0.1) is 0 Å². The molecule has 1 saturated heterocycles. The van der Waals surface area contributed by atoms with Gasteiger partial charge in [0.1, 0.15) is 0 Å². The SMILES string of the molecule is CCCn1c(=O)[nH]c(=O)c2c(C(=O)Nc3cccc(CN4CCCC4=O)c3)cc(C3CC3)nc21. The molecule has 0 bridgehead atoms. The first kappa shape index (κ1) is 22.1. The van der Waals surface area contributed by atoms with Gasteiger partial charge in [-0.25, -0.2) is 9.78 Å². The number of carbonyl (C=O) groups is 2. The van der Waals surface area contributed by atoms with E-state index < -0.39 is 17.2 Å². The Balaban J connectivity index is 1.51. The zero-order valence-corrected chi connectivity index (χ0v) is 19.1. The molecule has 1 aliphatic heterocycles. The Morgan fingerprint density at radius 2 is 2.03 bits per heavy atom. The highest BCUT2D eigenvalue weighted by Gasteiger charge is 2.29. The lowest BCUT2D eigenvalue weighted by Gasteiger charge is -2.16.